The van der Waals surface area contributed by atoms with E-state index < -0.39 is 29.8 Å². The molecule has 1 N–H and O–H groups in total. The van der Waals surface area contributed by atoms with E-state index in [1.807, 2.05) is 0 Å². The molecular formula is C16H12F5NO2S. The molecule has 0 radical (unpaired) electrons. The van der Waals surface area contributed by atoms with E-state index in [2.05, 4.69) is 10.1 Å². The fourth-order valence-corrected chi connectivity index (χ4v) is 2.67. The van der Waals surface area contributed by atoms with Crippen LogP contribution >= 0.6 is 11.8 Å². The summed E-state index contributed by atoms with van der Waals surface area (Å²) in [6.07, 6.45) is 0. The van der Waals surface area contributed by atoms with Gasteiger partial charge in [-0.1, -0.05) is 30.3 Å². The highest BCUT2D eigenvalue weighted by Crippen LogP contribution is 2.38. The van der Waals surface area contributed by atoms with E-state index in [0.29, 0.717) is 0 Å². The molecular weight excluding hydrogens is 365 g/mol. The Hall–Kier alpha value is -2.29. The number of halogens is 5. The number of nitrogens with one attached hydrogen (secondary N) is 1. The zero-order chi connectivity index (χ0) is 18.4. The number of carbonyl (C=O) groups is 1. The molecule has 0 saturated heterocycles. The lowest BCUT2D eigenvalue weighted by Crippen LogP contribution is -2.24. The molecule has 1 amide bonds. The van der Waals surface area contributed by atoms with Gasteiger partial charge in [0.15, 0.2) is 0 Å². The first kappa shape index (κ1) is 19.0. The molecule has 9 heteroatoms. The van der Waals surface area contributed by atoms with Crippen molar-refractivity contribution in [3.8, 4) is 5.75 Å². The van der Waals surface area contributed by atoms with E-state index in [0.717, 1.165) is 0 Å². The molecule has 0 atom stereocenters. The Balaban J connectivity index is 2.12. The van der Waals surface area contributed by atoms with E-state index >= 15 is 0 Å². The molecule has 3 nitrogen and oxygen atoms in total. The summed E-state index contributed by atoms with van der Waals surface area (Å²) in [7, 11) is 0. The van der Waals surface area contributed by atoms with E-state index in [-0.39, 0.29) is 28.3 Å². The first-order chi connectivity index (χ1) is 11.8. The summed E-state index contributed by atoms with van der Waals surface area (Å²) in [4.78, 5) is 11.9. The average Bonchev–Trinajstić information content (AvgIpc) is 2.52. The van der Waals surface area contributed by atoms with E-state index in [9.17, 15) is 26.7 Å². The van der Waals surface area contributed by atoms with Gasteiger partial charge in [-0.05, 0) is 30.0 Å². The van der Waals surface area contributed by atoms with Crippen molar-refractivity contribution in [2.45, 2.75) is 23.6 Å². The van der Waals surface area contributed by atoms with Gasteiger partial charge >= 0.3 is 12.1 Å². The molecule has 0 aliphatic carbocycles. The molecule has 25 heavy (non-hydrogen) atoms. The Labute approximate surface area is 144 Å². The molecule has 2 aromatic rings. The smallest absolute Gasteiger partial charge is 0.434 e. The van der Waals surface area contributed by atoms with E-state index in [1.165, 1.54) is 42.5 Å². The quantitative estimate of drug-likeness (QED) is 0.579. The van der Waals surface area contributed by atoms with E-state index in [1.54, 1.807) is 6.07 Å². The minimum Gasteiger partial charge on any atom is -0.434 e. The van der Waals surface area contributed by atoms with Gasteiger partial charge in [0, 0.05) is 17.0 Å². The maximum atomic E-state index is 12.6. The number of thioether (sulfide) groups is 1. The predicted molar refractivity (Wildman–Crippen MR) is 82.6 cm³/mol. The number of rotatable bonds is 6. The highest BCUT2D eigenvalue weighted by molar-refractivity contribution is 8.00. The second-order valence-corrected chi connectivity index (χ2v) is 5.82. The van der Waals surface area contributed by atoms with Crippen LogP contribution in [0.25, 0.3) is 0 Å². The molecule has 2 rings (SSSR count). The van der Waals surface area contributed by atoms with Crippen LogP contribution in [0.1, 0.15) is 15.9 Å². The summed E-state index contributed by atoms with van der Waals surface area (Å²) in [6.45, 7) is -3.20. The summed E-state index contributed by atoms with van der Waals surface area (Å²) >= 11 is -0.396. The van der Waals surface area contributed by atoms with Crippen LogP contribution in [0.4, 0.5) is 22.0 Å². The van der Waals surface area contributed by atoms with Gasteiger partial charge in [0.25, 0.3) is 5.91 Å². The third-order valence-electron chi connectivity index (χ3n) is 2.99. The van der Waals surface area contributed by atoms with Crippen molar-refractivity contribution in [3.63, 3.8) is 0 Å². The number of carbonyl (C=O) groups excluding carboxylic acids is 1. The van der Waals surface area contributed by atoms with Crippen LogP contribution in [0.15, 0.2) is 53.4 Å². The minimum atomic E-state index is -4.53. The van der Waals surface area contributed by atoms with Crippen LogP contribution in [0.2, 0.25) is 0 Å². The van der Waals surface area contributed by atoms with Gasteiger partial charge in [-0.25, -0.2) is 0 Å². The van der Waals surface area contributed by atoms with Crippen LogP contribution < -0.4 is 10.1 Å². The number of hydrogen-bond donors (Lipinski definition) is 1. The van der Waals surface area contributed by atoms with Crippen LogP contribution in [-0.2, 0) is 6.54 Å². The zero-order valence-corrected chi connectivity index (χ0v) is 13.3. The fourth-order valence-electron chi connectivity index (χ4n) is 2.00. The van der Waals surface area contributed by atoms with Gasteiger partial charge in [-0.15, -0.1) is 0 Å². The van der Waals surface area contributed by atoms with Crippen molar-refractivity contribution in [2.75, 3.05) is 0 Å². The highest BCUT2D eigenvalue weighted by atomic mass is 32.2. The Bertz CT molecular complexity index is 736. The number of alkyl halides is 5. The molecule has 0 aliphatic rings. The maximum absolute atomic E-state index is 12.6. The highest BCUT2D eigenvalue weighted by Gasteiger charge is 2.31. The number of benzene rings is 2. The largest absolute Gasteiger partial charge is 0.446 e. The second kappa shape index (κ2) is 8.19. The Morgan fingerprint density at radius 3 is 2.40 bits per heavy atom. The third-order valence-corrected chi connectivity index (χ3v) is 3.79. The molecule has 0 fully saturated rings. The van der Waals surface area contributed by atoms with E-state index in [4.69, 9.17) is 0 Å². The van der Waals surface area contributed by atoms with Gasteiger partial charge < -0.3 is 10.1 Å². The van der Waals surface area contributed by atoms with Crippen LogP contribution in [-0.4, -0.2) is 18.0 Å². The first-order valence-corrected chi connectivity index (χ1v) is 7.73. The van der Waals surface area contributed by atoms with Gasteiger partial charge in [-0.3, -0.25) is 4.79 Å². The monoisotopic (exact) mass is 377 g/mol. The molecule has 0 spiro atoms. The Kier molecular flexibility index (Phi) is 6.24. The van der Waals surface area contributed by atoms with Gasteiger partial charge in [0.05, 0.1) is 5.56 Å². The van der Waals surface area contributed by atoms with Gasteiger partial charge in [0.1, 0.15) is 5.75 Å². The molecule has 0 saturated carbocycles. The lowest BCUT2D eigenvalue weighted by Gasteiger charge is -2.13. The summed E-state index contributed by atoms with van der Waals surface area (Å²) < 4.78 is 66.7. The van der Waals surface area contributed by atoms with Crippen molar-refractivity contribution in [1.82, 2.24) is 5.32 Å². The van der Waals surface area contributed by atoms with Crippen molar-refractivity contribution in [3.05, 3.63) is 59.7 Å². The molecule has 0 unspecified atom stereocenters. The fraction of sp³-hybridized carbons (Fsp3) is 0.188. The third kappa shape index (κ3) is 5.93. The average molecular weight is 377 g/mol. The molecule has 134 valence electrons. The maximum Gasteiger partial charge on any atom is 0.446 e. The minimum absolute atomic E-state index is 0.115. The molecule has 0 aliphatic heterocycles. The summed E-state index contributed by atoms with van der Waals surface area (Å²) in [5.74, 6) is -0.866. The zero-order valence-electron chi connectivity index (χ0n) is 12.5. The molecule has 0 heterocycles. The van der Waals surface area contributed by atoms with Crippen molar-refractivity contribution in [1.29, 1.82) is 0 Å². The lowest BCUT2D eigenvalue weighted by molar-refractivity contribution is -0.0505. The van der Waals surface area contributed by atoms with Gasteiger partial charge in [0.2, 0.25) is 0 Å². The summed E-state index contributed by atoms with van der Waals surface area (Å²) in [5.41, 5.74) is -4.41. The van der Waals surface area contributed by atoms with Crippen LogP contribution in [0.3, 0.4) is 0 Å². The Morgan fingerprint density at radius 2 is 1.72 bits per heavy atom. The molecule has 0 aromatic heterocycles. The van der Waals surface area contributed by atoms with Crippen molar-refractivity contribution in [2.24, 2.45) is 0 Å². The molecule has 0 bridgehead atoms. The summed E-state index contributed by atoms with van der Waals surface area (Å²) in [6, 6.07) is 11.1. The van der Waals surface area contributed by atoms with Crippen LogP contribution in [0.5, 0.6) is 5.75 Å². The summed E-state index contributed by atoms with van der Waals surface area (Å²) in [5, 5.41) is 2.41. The topological polar surface area (TPSA) is 38.3 Å². The second-order valence-electron chi connectivity index (χ2n) is 4.71. The van der Waals surface area contributed by atoms with Gasteiger partial charge in [-0.2, -0.15) is 22.0 Å². The SMILES string of the molecule is O=C(NCc1ccccc1OC(F)F)c1ccccc1SC(F)(F)F. The van der Waals surface area contributed by atoms with Crippen molar-refractivity contribution < 1.29 is 31.5 Å². The standard InChI is InChI=1S/C16H12F5NO2S/c17-15(18)24-12-7-3-1-5-10(12)9-22-14(23)11-6-2-4-8-13(11)25-16(19,20)21/h1-8,15H,9H2,(H,22,23). The molecule has 2 aromatic carbocycles. The van der Waals surface area contributed by atoms with Crippen LogP contribution in [0, 0.1) is 0 Å². The lowest BCUT2D eigenvalue weighted by atomic mass is 10.1. The van der Waals surface area contributed by atoms with Crippen molar-refractivity contribution >= 4 is 17.7 Å². The normalized spacial score (nSPS) is 11.4. The number of para-hydroxylation sites is 1. The number of amides is 1. The number of hydrogen-bond acceptors (Lipinski definition) is 3. The first-order valence-electron chi connectivity index (χ1n) is 6.92. The predicted octanol–water partition coefficient (Wildman–Crippen LogP) is 4.83. The number of ether oxygens (including phenoxy) is 1. The Morgan fingerprint density at radius 1 is 1.08 bits per heavy atom.